The SMILES string of the molecule is CC(=NNC(=O)c1ccc2c(c1)OCO2)c1csc(N)n1. The molecule has 0 unspecified atom stereocenters. The quantitative estimate of drug-likeness (QED) is 0.663. The predicted octanol–water partition coefficient (Wildman–Crippen LogP) is 1.61. The zero-order valence-electron chi connectivity index (χ0n) is 11.1. The summed E-state index contributed by atoms with van der Waals surface area (Å²) in [7, 11) is 0. The Kier molecular flexibility index (Phi) is 3.44. The van der Waals surface area contributed by atoms with Gasteiger partial charge >= 0.3 is 0 Å². The van der Waals surface area contributed by atoms with Crippen LogP contribution in [-0.2, 0) is 0 Å². The zero-order chi connectivity index (χ0) is 14.8. The highest BCUT2D eigenvalue weighted by molar-refractivity contribution is 7.13. The van der Waals surface area contributed by atoms with Crippen LogP contribution < -0.4 is 20.6 Å². The lowest BCUT2D eigenvalue weighted by atomic mass is 10.2. The van der Waals surface area contributed by atoms with Gasteiger partial charge in [-0.1, -0.05) is 0 Å². The van der Waals surface area contributed by atoms with Gasteiger partial charge in [-0.15, -0.1) is 11.3 Å². The van der Waals surface area contributed by atoms with Crippen molar-refractivity contribution < 1.29 is 14.3 Å². The Morgan fingerprint density at radius 1 is 1.43 bits per heavy atom. The fraction of sp³-hybridized carbons (Fsp3) is 0.154. The Morgan fingerprint density at radius 2 is 2.24 bits per heavy atom. The van der Waals surface area contributed by atoms with E-state index in [-0.39, 0.29) is 12.7 Å². The third kappa shape index (κ3) is 2.79. The van der Waals surface area contributed by atoms with Crippen molar-refractivity contribution in [2.75, 3.05) is 12.5 Å². The fourth-order valence-electron chi connectivity index (χ4n) is 1.75. The first-order chi connectivity index (χ1) is 10.1. The lowest BCUT2D eigenvalue weighted by Crippen LogP contribution is -2.19. The van der Waals surface area contributed by atoms with Crippen molar-refractivity contribution in [3.63, 3.8) is 0 Å². The summed E-state index contributed by atoms with van der Waals surface area (Å²) in [6.07, 6.45) is 0. The molecule has 0 atom stereocenters. The van der Waals surface area contributed by atoms with Crippen LogP contribution in [0.4, 0.5) is 5.13 Å². The van der Waals surface area contributed by atoms with E-state index in [9.17, 15) is 4.79 Å². The molecule has 108 valence electrons. The molecule has 0 radical (unpaired) electrons. The molecule has 0 fully saturated rings. The number of hydrazone groups is 1. The molecule has 2 heterocycles. The van der Waals surface area contributed by atoms with Crippen LogP contribution in [0, 0.1) is 0 Å². The number of fused-ring (bicyclic) bond motifs is 1. The number of anilines is 1. The van der Waals surface area contributed by atoms with E-state index in [4.69, 9.17) is 15.2 Å². The molecule has 1 amide bonds. The maximum Gasteiger partial charge on any atom is 0.271 e. The van der Waals surface area contributed by atoms with E-state index in [1.54, 1.807) is 30.5 Å². The van der Waals surface area contributed by atoms with E-state index >= 15 is 0 Å². The first-order valence-electron chi connectivity index (χ1n) is 6.09. The standard InChI is InChI=1S/C13H12N4O3S/c1-7(9-5-21-13(14)15-9)16-17-12(18)8-2-3-10-11(4-8)20-6-19-10/h2-5H,6H2,1H3,(H2,14,15)(H,17,18). The summed E-state index contributed by atoms with van der Waals surface area (Å²) in [5.41, 5.74) is 9.69. The molecule has 3 N–H and O–H groups in total. The average Bonchev–Trinajstić information content (AvgIpc) is 3.12. The molecule has 3 rings (SSSR count). The van der Waals surface area contributed by atoms with Crippen molar-refractivity contribution in [2.24, 2.45) is 5.10 Å². The van der Waals surface area contributed by atoms with Crippen LogP contribution in [0.5, 0.6) is 11.5 Å². The molecular weight excluding hydrogens is 292 g/mol. The van der Waals surface area contributed by atoms with Crippen LogP contribution >= 0.6 is 11.3 Å². The fourth-order valence-corrected chi connectivity index (χ4v) is 2.35. The molecular formula is C13H12N4O3S. The summed E-state index contributed by atoms with van der Waals surface area (Å²) < 4.78 is 10.4. The van der Waals surface area contributed by atoms with Gasteiger partial charge in [-0.25, -0.2) is 10.4 Å². The van der Waals surface area contributed by atoms with Gasteiger partial charge in [0.1, 0.15) is 0 Å². The van der Waals surface area contributed by atoms with Gasteiger partial charge in [-0.05, 0) is 25.1 Å². The average molecular weight is 304 g/mol. The first-order valence-corrected chi connectivity index (χ1v) is 6.97. The molecule has 1 aliphatic rings. The summed E-state index contributed by atoms with van der Waals surface area (Å²) in [5, 5.41) is 6.25. The molecule has 1 aromatic heterocycles. The molecule has 0 saturated heterocycles. The molecule has 0 aliphatic carbocycles. The maximum absolute atomic E-state index is 12.0. The lowest BCUT2D eigenvalue weighted by molar-refractivity contribution is 0.0954. The number of nitrogens with zero attached hydrogens (tertiary/aromatic N) is 2. The van der Waals surface area contributed by atoms with Gasteiger partial charge < -0.3 is 15.2 Å². The van der Waals surface area contributed by atoms with Crippen molar-refractivity contribution in [3.05, 3.63) is 34.8 Å². The van der Waals surface area contributed by atoms with Crippen LogP contribution in [0.25, 0.3) is 0 Å². The van der Waals surface area contributed by atoms with Gasteiger partial charge in [0.15, 0.2) is 16.6 Å². The van der Waals surface area contributed by atoms with E-state index in [0.717, 1.165) is 0 Å². The second kappa shape index (κ2) is 5.41. The number of nitrogen functional groups attached to an aromatic ring is 1. The second-order valence-corrected chi connectivity index (χ2v) is 5.17. The Balaban J connectivity index is 1.71. The topological polar surface area (TPSA) is 98.8 Å². The number of amides is 1. The van der Waals surface area contributed by atoms with Crippen molar-refractivity contribution >= 4 is 28.1 Å². The minimum Gasteiger partial charge on any atom is -0.454 e. The third-order valence-corrected chi connectivity index (χ3v) is 3.53. The third-order valence-electron chi connectivity index (χ3n) is 2.85. The molecule has 8 heteroatoms. The number of hydrogen-bond acceptors (Lipinski definition) is 7. The van der Waals surface area contributed by atoms with Gasteiger partial charge in [0.25, 0.3) is 5.91 Å². The number of aromatic nitrogens is 1. The predicted molar refractivity (Wildman–Crippen MR) is 78.8 cm³/mol. The number of carbonyl (C=O) groups is 1. The second-order valence-electron chi connectivity index (χ2n) is 4.28. The van der Waals surface area contributed by atoms with E-state index in [1.165, 1.54) is 11.3 Å². The van der Waals surface area contributed by atoms with Crippen molar-refractivity contribution in [1.82, 2.24) is 10.4 Å². The molecule has 7 nitrogen and oxygen atoms in total. The number of ether oxygens (including phenoxy) is 2. The molecule has 0 bridgehead atoms. The Bertz CT molecular complexity index is 726. The van der Waals surface area contributed by atoms with E-state index in [2.05, 4.69) is 15.5 Å². The number of nitrogens with two attached hydrogens (primary N) is 1. The first kappa shape index (κ1) is 13.4. The van der Waals surface area contributed by atoms with Crippen LogP contribution in [0.2, 0.25) is 0 Å². The zero-order valence-corrected chi connectivity index (χ0v) is 11.9. The van der Waals surface area contributed by atoms with Crippen LogP contribution in [0.3, 0.4) is 0 Å². The van der Waals surface area contributed by atoms with Gasteiger partial charge in [-0.3, -0.25) is 4.79 Å². The summed E-state index contributed by atoms with van der Waals surface area (Å²) in [6, 6.07) is 4.95. The van der Waals surface area contributed by atoms with Crippen molar-refractivity contribution in [1.29, 1.82) is 0 Å². The molecule has 1 aliphatic heterocycles. The molecule has 21 heavy (non-hydrogen) atoms. The molecule has 0 spiro atoms. The van der Waals surface area contributed by atoms with Gasteiger partial charge in [0, 0.05) is 10.9 Å². The lowest BCUT2D eigenvalue weighted by Gasteiger charge is -2.02. The Morgan fingerprint density at radius 3 is 3.00 bits per heavy atom. The van der Waals surface area contributed by atoms with Crippen LogP contribution in [0.15, 0.2) is 28.7 Å². The number of nitrogens with one attached hydrogen (secondary N) is 1. The number of benzene rings is 1. The monoisotopic (exact) mass is 304 g/mol. The Hall–Kier alpha value is -2.61. The largest absolute Gasteiger partial charge is 0.454 e. The smallest absolute Gasteiger partial charge is 0.271 e. The van der Waals surface area contributed by atoms with Crippen LogP contribution in [-0.4, -0.2) is 23.4 Å². The van der Waals surface area contributed by atoms with Gasteiger partial charge in [-0.2, -0.15) is 5.10 Å². The normalized spacial score (nSPS) is 13.3. The minimum absolute atomic E-state index is 0.170. The van der Waals surface area contributed by atoms with Gasteiger partial charge in [0.2, 0.25) is 6.79 Å². The molecule has 2 aromatic rings. The Labute approximate surface area is 124 Å². The summed E-state index contributed by atoms with van der Waals surface area (Å²) in [4.78, 5) is 16.1. The van der Waals surface area contributed by atoms with Crippen LogP contribution in [0.1, 0.15) is 23.0 Å². The van der Waals surface area contributed by atoms with Crippen molar-refractivity contribution in [3.8, 4) is 11.5 Å². The van der Waals surface area contributed by atoms with Gasteiger partial charge in [0.05, 0.1) is 11.4 Å². The number of thiazole rings is 1. The highest BCUT2D eigenvalue weighted by Gasteiger charge is 2.16. The van der Waals surface area contributed by atoms with Crippen molar-refractivity contribution in [2.45, 2.75) is 6.92 Å². The number of carbonyl (C=O) groups excluding carboxylic acids is 1. The highest BCUT2D eigenvalue weighted by atomic mass is 32.1. The molecule has 0 saturated carbocycles. The number of rotatable bonds is 3. The summed E-state index contributed by atoms with van der Waals surface area (Å²) in [5.74, 6) is 0.843. The summed E-state index contributed by atoms with van der Waals surface area (Å²) >= 11 is 1.32. The molecule has 1 aromatic carbocycles. The highest BCUT2D eigenvalue weighted by Crippen LogP contribution is 2.32. The van der Waals surface area contributed by atoms with E-state index in [1.807, 2.05) is 0 Å². The minimum atomic E-state index is -0.337. The maximum atomic E-state index is 12.0. The van der Waals surface area contributed by atoms with E-state index in [0.29, 0.717) is 33.6 Å². The number of hydrogen-bond donors (Lipinski definition) is 2. The van der Waals surface area contributed by atoms with E-state index < -0.39 is 0 Å². The summed E-state index contributed by atoms with van der Waals surface area (Å²) in [6.45, 7) is 1.91.